The molecule has 2 fully saturated rings. The number of hydrogen-bond acceptors (Lipinski definition) is 5. The highest BCUT2D eigenvalue weighted by Crippen LogP contribution is 2.23. The van der Waals surface area contributed by atoms with E-state index in [2.05, 4.69) is 25.8 Å². The fourth-order valence-electron chi connectivity index (χ4n) is 4.00. The van der Waals surface area contributed by atoms with Crippen LogP contribution in [0.3, 0.4) is 0 Å². The number of hydrogen-bond donors (Lipinski definition) is 0. The minimum Gasteiger partial charge on any atom is -0.356 e. The van der Waals surface area contributed by atoms with Gasteiger partial charge in [-0.05, 0) is 45.2 Å². The van der Waals surface area contributed by atoms with Crippen molar-refractivity contribution in [1.82, 2.24) is 14.9 Å². The summed E-state index contributed by atoms with van der Waals surface area (Å²) >= 11 is 0. The molecule has 0 bridgehead atoms. The summed E-state index contributed by atoms with van der Waals surface area (Å²) in [6.45, 7) is 9.19. The number of piperazine rings is 1. The Morgan fingerprint density at radius 2 is 1.36 bits per heavy atom. The molecule has 1 aromatic heterocycles. The molecule has 4 rings (SSSR count). The Morgan fingerprint density at radius 1 is 0.786 bits per heavy atom. The molecule has 2 aliphatic rings. The maximum atomic E-state index is 12.7. The fourth-order valence-corrected chi connectivity index (χ4v) is 4.00. The number of benzene rings is 1. The van der Waals surface area contributed by atoms with E-state index < -0.39 is 0 Å². The van der Waals surface area contributed by atoms with Gasteiger partial charge < -0.3 is 14.7 Å². The van der Waals surface area contributed by atoms with E-state index in [0.717, 1.165) is 62.3 Å². The average Bonchev–Trinajstić information content (AvgIpc) is 2.74. The van der Waals surface area contributed by atoms with E-state index in [1.165, 1.54) is 24.8 Å². The van der Waals surface area contributed by atoms with Crippen LogP contribution < -0.4 is 9.80 Å². The third-order valence-corrected chi connectivity index (χ3v) is 5.68. The lowest BCUT2D eigenvalue weighted by molar-refractivity contribution is 0.0746. The standard InChI is InChI=1S/C22H29N5O/c1-17-6-8-19(9-7-17)22(28)27-14-12-26(13-15-27)21-16-20(23-18(2)24-21)25-10-4-3-5-11-25/h6-9,16H,3-5,10-15H2,1-2H3. The van der Waals surface area contributed by atoms with Crippen LogP contribution in [0, 0.1) is 13.8 Å². The highest BCUT2D eigenvalue weighted by atomic mass is 16.2. The van der Waals surface area contributed by atoms with Gasteiger partial charge >= 0.3 is 0 Å². The molecule has 0 spiro atoms. The molecule has 0 saturated carbocycles. The van der Waals surface area contributed by atoms with Crippen molar-refractivity contribution in [3.05, 3.63) is 47.3 Å². The van der Waals surface area contributed by atoms with Gasteiger partial charge in [-0.25, -0.2) is 9.97 Å². The second-order valence-corrected chi connectivity index (χ2v) is 7.82. The van der Waals surface area contributed by atoms with Crippen LogP contribution in [0.25, 0.3) is 0 Å². The van der Waals surface area contributed by atoms with Gasteiger partial charge in [0.25, 0.3) is 5.91 Å². The Kier molecular flexibility index (Phi) is 5.46. The zero-order chi connectivity index (χ0) is 19.5. The lowest BCUT2D eigenvalue weighted by Crippen LogP contribution is -2.49. The summed E-state index contributed by atoms with van der Waals surface area (Å²) in [4.78, 5) is 28.7. The molecular formula is C22H29N5O. The molecule has 2 aromatic rings. The van der Waals surface area contributed by atoms with Gasteiger partial charge in [0.15, 0.2) is 0 Å². The SMILES string of the molecule is Cc1ccc(C(=O)N2CCN(c3cc(N4CCCCC4)nc(C)n3)CC2)cc1. The van der Waals surface area contributed by atoms with Crippen LogP contribution in [0.5, 0.6) is 0 Å². The normalized spacial score (nSPS) is 17.7. The van der Waals surface area contributed by atoms with Crippen molar-refractivity contribution in [3.63, 3.8) is 0 Å². The summed E-state index contributed by atoms with van der Waals surface area (Å²) in [6, 6.07) is 9.95. The second-order valence-electron chi connectivity index (χ2n) is 7.82. The van der Waals surface area contributed by atoms with Crippen molar-refractivity contribution in [2.75, 3.05) is 49.1 Å². The number of nitrogens with zero attached hydrogens (tertiary/aromatic N) is 5. The predicted molar refractivity (Wildman–Crippen MR) is 112 cm³/mol. The molecule has 0 atom stereocenters. The van der Waals surface area contributed by atoms with Gasteiger partial charge in [-0.2, -0.15) is 0 Å². The zero-order valence-electron chi connectivity index (χ0n) is 16.9. The molecule has 0 radical (unpaired) electrons. The summed E-state index contributed by atoms with van der Waals surface area (Å²) in [5.41, 5.74) is 1.94. The summed E-state index contributed by atoms with van der Waals surface area (Å²) < 4.78 is 0. The maximum absolute atomic E-state index is 12.7. The van der Waals surface area contributed by atoms with Crippen LogP contribution >= 0.6 is 0 Å². The molecule has 28 heavy (non-hydrogen) atoms. The first kappa shape index (κ1) is 18.7. The average molecular weight is 380 g/mol. The van der Waals surface area contributed by atoms with Crippen LogP contribution in [-0.4, -0.2) is 60.0 Å². The lowest BCUT2D eigenvalue weighted by atomic mass is 10.1. The number of piperidine rings is 1. The lowest BCUT2D eigenvalue weighted by Gasteiger charge is -2.36. The van der Waals surface area contributed by atoms with E-state index in [1.54, 1.807) is 0 Å². The van der Waals surface area contributed by atoms with E-state index in [9.17, 15) is 4.79 Å². The first-order valence-electron chi connectivity index (χ1n) is 10.3. The van der Waals surface area contributed by atoms with Crippen molar-refractivity contribution in [3.8, 4) is 0 Å². The molecule has 6 nitrogen and oxygen atoms in total. The quantitative estimate of drug-likeness (QED) is 0.820. The summed E-state index contributed by atoms with van der Waals surface area (Å²) in [7, 11) is 0. The molecule has 3 heterocycles. The van der Waals surface area contributed by atoms with Crippen LogP contribution in [0.4, 0.5) is 11.6 Å². The van der Waals surface area contributed by atoms with E-state index >= 15 is 0 Å². The summed E-state index contributed by atoms with van der Waals surface area (Å²) in [6.07, 6.45) is 3.78. The van der Waals surface area contributed by atoms with E-state index in [1.807, 2.05) is 43.0 Å². The number of rotatable bonds is 3. The molecule has 0 unspecified atom stereocenters. The third-order valence-electron chi connectivity index (χ3n) is 5.68. The van der Waals surface area contributed by atoms with Gasteiger partial charge in [-0.3, -0.25) is 4.79 Å². The predicted octanol–water partition coefficient (Wildman–Crippen LogP) is 3.05. The van der Waals surface area contributed by atoms with Gasteiger partial charge in [0, 0.05) is 50.9 Å². The minimum absolute atomic E-state index is 0.118. The Balaban J connectivity index is 1.42. The van der Waals surface area contributed by atoms with E-state index in [4.69, 9.17) is 0 Å². The molecule has 6 heteroatoms. The van der Waals surface area contributed by atoms with Gasteiger partial charge in [0.2, 0.25) is 0 Å². The minimum atomic E-state index is 0.118. The Hall–Kier alpha value is -2.63. The molecule has 2 saturated heterocycles. The Morgan fingerprint density at radius 3 is 1.96 bits per heavy atom. The first-order valence-corrected chi connectivity index (χ1v) is 10.3. The van der Waals surface area contributed by atoms with E-state index in [0.29, 0.717) is 0 Å². The van der Waals surface area contributed by atoms with Crippen LogP contribution in [0.1, 0.15) is 41.0 Å². The molecular weight excluding hydrogens is 350 g/mol. The molecule has 1 amide bonds. The van der Waals surface area contributed by atoms with Crippen molar-refractivity contribution in [2.24, 2.45) is 0 Å². The summed E-state index contributed by atoms with van der Waals surface area (Å²) in [5.74, 6) is 2.96. The summed E-state index contributed by atoms with van der Waals surface area (Å²) in [5, 5.41) is 0. The van der Waals surface area contributed by atoms with Gasteiger partial charge in [0.05, 0.1) is 0 Å². The van der Waals surface area contributed by atoms with Crippen molar-refractivity contribution < 1.29 is 4.79 Å². The Labute approximate surface area is 167 Å². The van der Waals surface area contributed by atoms with Crippen molar-refractivity contribution >= 4 is 17.5 Å². The molecule has 0 aliphatic carbocycles. The number of aromatic nitrogens is 2. The number of anilines is 2. The highest BCUT2D eigenvalue weighted by Gasteiger charge is 2.24. The Bertz CT molecular complexity index is 821. The maximum Gasteiger partial charge on any atom is 0.253 e. The zero-order valence-corrected chi connectivity index (χ0v) is 16.9. The van der Waals surface area contributed by atoms with Crippen LogP contribution in [0.2, 0.25) is 0 Å². The second kappa shape index (κ2) is 8.17. The van der Waals surface area contributed by atoms with Crippen molar-refractivity contribution in [2.45, 2.75) is 33.1 Å². The van der Waals surface area contributed by atoms with Gasteiger partial charge in [-0.1, -0.05) is 17.7 Å². The van der Waals surface area contributed by atoms with Gasteiger partial charge in [-0.15, -0.1) is 0 Å². The first-order chi connectivity index (χ1) is 13.6. The third kappa shape index (κ3) is 4.11. The number of aryl methyl sites for hydroxylation is 2. The topological polar surface area (TPSA) is 52.6 Å². The molecule has 0 N–H and O–H groups in total. The molecule has 1 aromatic carbocycles. The molecule has 2 aliphatic heterocycles. The number of carbonyl (C=O) groups excluding carboxylic acids is 1. The van der Waals surface area contributed by atoms with Crippen LogP contribution in [-0.2, 0) is 0 Å². The van der Waals surface area contributed by atoms with Gasteiger partial charge in [0.1, 0.15) is 17.5 Å². The molecule has 148 valence electrons. The fraction of sp³-hybridized carbons (Fsp3) is 0.500. The monoisotopic (exact) mass is 379 g/mol. The van der Waals surface area contributed by atoms with E-state index in [-0.39, 0.29) is 5.91 Å². The highest BCUT2D eigenvalue weighted by molar-refractivity contribution is 5.94. The number of amides is 1. The number of carbonyl (C=O) groups is 1. The largest absolute Gasteiger partial charge is 0.356 e. The van der Waals surface area contributed by atoms with Crippen molar-refractivity contribution in [1.29, 1.82) is 0 Å². The van der Waals surface area contributed by atoms with Crippen LogP contribution in [0.15, 0.2) is 30.3 Å². The smallest absolute Gasteiger partial charge is 0.253 e.